The van der Waals surface area contributed by atoms with Crippen LogP contribution in [0.2, 0.25) is 5.02 Å². The maximum absolute atomic E-state index is 13.4. The Bertz CT molecular complexity index is 1980. The van der Waals surface area contributed by atoms with Crippen LogP contribution in [0, 0.1) is 18.3 Å². The molecule has 5 aromatic rings. The van der Waals surface area contributed by atoms with Crippen molar-refractivity contribution in [1.82, 2.24) is 14.9 Å². The number of nitrogens with one attached hydrogen (secondary N) is 1. The molecule has 1 aliphatic carbocycles. The average Bonchev–Trinajstić information content (AvgIpc) is 3.65. The molecule has 10 heteroatoms. The average molecular weight is 624 g/mol. The highest BCUT2D eigenvalue weighted by Gasteiger charge is 2.28. The van der Waals surface area contributed by atoms with E-state index in [2.05, 4.69) is 47.6 Å². The zero-order valence-electron chi connectivity index (χ0n) is 24.9. The number of anilines is 1. The van der Waals surface area contributed by atoms with Crippen LogP contribution in [0.25, 0.3) is 33.7 Å². The van der Waals surface area contributed by atoms with E-state index in [1.54, 1.807) is 6.07 Å². The number of methoxy groups -OCH3 is 1. The van der Waals surface area contributed by atoms with Crippen LogP contribution in [0.4, 0.5) is 10.2 Å². The molecule has 228 valence electrons. The topological polar surface area (TPSA) is 107 Å². The molecule has 2 aromatic heterocycles. The van der Waals surface area contributed by atoms with Crippen molar-refractivity contribution in [2.45, 2.75) is 45.1 Å². The highest BCUT2D eigenvalue weighted by atomic mass is 35.5. The normalized spacial score (nSPS) is 16.4. The molecule has 2 aliphatic rings. The molecule has 1 atom stereocenters. The predicted molar refractivity (Wildman–Crippen MR) is 171 cm³/mol. The van der Waals surface area contributed by atoms with Gasteiger partial charge in [0.1, 0.15) is 23.6 Å². The summed E-state index contributed by atoms with van der Waals surface area (Å²) >= 11 is 6.52. The minimum atomic E-state index is -0.782. The Morgan fingerprint density at radius 3 is 2.67 bits per heavy atom. The van der Waals surface area contributed by atoms with E-state index in [0.29, 0.717) is 64.5 Å². The number of halogens is 2. The molecule has 0 radical (unpaired) electrons. The molecular weight excluding hydrogens is 593 g/mol. The van der Waals surface area contributed by atoms with E-state index in [-0.39, 0.29) is 12.6 Å². The largest absolute Gasteiger partial charge is 0.481 e. The Hall–Kier alpha value is -4.49. The first kappa shape index (κ1) is 29.2. The SMILES string of the molecule is COc1nc(N[C@H]2CCc3c(-c4cccc(-c5nc6cc(CN7CC(F)C7)cc(C#N)c6o5)c4C)cccc32)c(Cl)cc1CO. The van der Waals surface area contributed by atoms with Crippen LogP contribution in [-0.2, 0) is 19.6 Å². The number of ether oxygens (including phenoxy) is 1. The number of hydrogen-bond acceptors (Lipinski definition) is 8. The van der Waals surface area contributed by atoms with Gasteiger partial charge in [0.2, 0.25) is 11.8 Å². The molecule has 45 heavy (non-hydrogen) atoms. The van der Waals surface area contributed by atoms with Crippen LogP contribution in [0.3, 0.4) is 0 Å². The lowest BCUT2D eigenvalue weighted by Crippen LogP contribution is -2.47. The van der Waals surface area contributed by atoms with E-state index in [1.165, 1.54) is 18.2 Å². The summed E-state index contributed by atoms with van der Waals surface area (Å²) in [4.78, 5) is 11.3. The zero-order chi connectivity index (χ0) is 31.2. The van der Waals surface area contributed by atoms with Crippen LogP contribution in [0.15, 0.2) is 59.0 Å². The number of aliphatic hydroxyl groups excluding tert-OH is 1. The van der Waals surface area contributed by atoms with Crippen molar-refractivity contribution in [2.75, 3.05) is 25.5 Å². The Labute approximate surface area is 265 Å². The summed E-state index contributed by atoms with van der Waals surface area (Å²) in [6.07, 6.45) is 0.949. The number of nitrogens with zero attached hydrogens (tertiary/aromatic N) is 4. The molecule has 0 unspecified atom stereocenters. The molecule has 0 spiro atoms. The van der Waals surface area contributed by atoms with E-state index in [0.717, 1.165) is 40.7 Å². The van der Waals surface area contributed by atoms with Gasteiger partial charge in [-0.2, -0.15) is 10.2 Å². The lowest BCUT2D eigenvalue weighted by Gasteiger charge is -2.34. The highest BCUT2D eigenvalue weighted by Crippen LogP contribution is 2.43. The van der Waals surface area contributed by atoms with Gasteiger partial charge >= 0.3 is 0 Å². The van der Waals surface area contributed by atoms with Crippen LogP contribution >= 0.6 is 11.6 Å². The first-order valence-electron chi connectivity index (χ1n) is 14.9. The van der Waals surface area contributed by atoms with Gasteiger partial charge in [0.25, 0.3) is 0 Å². The van der Waals surface area contributed by atoms with Gasteiger partial charge in [0, 0.05) is 30.8 Å². The third-order valence-corrected chi connectivity index (χ3v) is 9.09. The fourth-order valence-corrected chi connectivity index (χ4v) is 6.78. The van der Waals surface area contributed by atoms with Gasteiger partial charge in [-0.15, -0.1) is 0 Å². The first-order valence-corrected chi connectivity index (χ1v) is 15.3. The smallest absolute Gasteiger partial charge is 0.227 e. The lowest BCUT2D eigenvalue weighted by atomic mass is 9.91. The molecule has 7 rings (SSSR count). The third-order valence-electron chi connectivity index (χ3n) is 8.80. The number of benzene rings is 3. The van der Waals surface area contributed by atoms with Crippen molar-refractivity contribution in [1.29, 1.82) is 5.26 Å². The van der Waals surface area contributed by atoms with Crippen molar-refractivity contribution in [3.8, 4) is 34.5 Å². The number of aromatic nitrogens is 2. The van der Waals surface area contributed by atoms with E-state index < -0.39 is 6.17 Å². The van der Waals surface area contributed by atoms with Crippen molar-refractivity contribution < 1.29 is 18.7 Å². The molecule has 3 heterocycles. The fourth-order valence-electron chi connectivity index (χ4n) is 6.56. The van der Waals surface area contributed by atoms with Crippen LogP contribution in [0.5, 0.6) is 5.88 Å². The summed E-state index contributed by atoms with van der Waals surface area (Å²) in [7, 11) is 1.52. The number of alkyl halides is 1. The number of oxazole rings is 1. The minimum absolute atomic E-state index is 0.000752. The second-order valence-electron chi connectivity index (χ2n) is 11.6. The summed E-state index contributed by atoms with van der Waals surface area (Å²) in [5, 5.41) is 23.4. The van der Waals surface area contributed by atoms with Gasteiger partial charge < -0.3 is 19.6 Å². The van der Waals surface area contributed by atoms with E-state index >= 15 is 0 Å². The van der Waals surface area contributed by atoms with Gasteiger partial charge in [-0.25, -0.2) is 9.37 Å². The number of likely N-dealkylation sites (tertiary alicyclic amines) is 1. The molecule has 0 amide bonds. The van der Waals surface area contributed by atoms with E-state index in [1.807, 2.05) is 29.2 Å². The first-order chi connectivity index (χ1) is 21.9. The lowest BCUT2D eigenvalue weighted by molar-refractivity contribution is 0.0591. The number of nitriles is 1. The maximum Gasteiger partial charge on any atom is 0.227 e. The van der Waals surface area contributed by atoms with Crippen molar-refractivity contribution in [3.05, 3.63) is 93.0 Å². The molecule has 0 bridgehead atoms. The van der Waals surface area contributed by atoms with Crippen molar-refractivity contribution in [2.24, 2.45) is 0 Å². The van der Waals surface area contributed by atoms with Crippen LogP contribution in [-0.4, -0.2) is 46.3 Å². The molecule has 1 aliphatic heterocycles. The molecule has 1 saturated heterocycles. The number of pyridine rings is 1. The summed E-state index contributed by atoms with van der Waals surface area (Å²) in [5.74, 6) is 1.31. The van der Waals surface area contributed by atoms with Gasteiger partial charge in [0.05, 0.1) is 30.3 Å². The minimum Gasteiger partial charge on any atom is -0.481 e. The molecule has 1 fully saturated rings. The Morgan fingerprint density at radius 2 is 1.91 bits per heavy atom. The van der Waals surface area contributed by atoms with Crippen molar-refractivity contribution in [3.63, 3.8) is 0 Å². The van der Waals surface area contributed by atoms with Gasteiger partial charge in [-0.3, -0.25) is 4.90 Å². The predicted octanol–water partition coefficient (Wildman–Crippen LogP) is 7.14. The number of hydrogen-bond donors (Lipinski definition) is 2. The summed E-state index contributed by atoms with van der Waals surface area (Å²) < 4.78 is 24.9. The molecule has 2 N–H and O–H groups in total. The number of rotatable bonds is 8. The van der Waals surface area contributed by atoms with Gasteiger partial charge in [0.15, 0.2) is 5.58 Å². The van der Waals surface area contributed by atoms with Gasteiger partial charge in [-0.1, -0.05) is 41.9 Å². The molecule has 8 nitrogen and oxygen atoms in total. The van der Waals surface area contributed by atoms with E-state index in [4.69, 9.17) is 25.7 Å². The van der Waals surface area contributed by atoms with Crippen molar-refractivity contribution >= 4 is 28.5 Å². The summed E-state index contributed by atoms with van der Waals surface area (Å²) in [6, 6.07) is 20.1. The molecule has 0 saturated carbocycles. The zero-order valence-corrected chi connectivity index (χ0v) is 25.7. The molecular formula is C35H31ClFN5O3. The van der Waals surface area contributed by atoms with Gasteiger partial charge in [-0.05, 0) is 77.4 Å². The quantitative estimate of drug-likeness (QED) is 0.188. The maximum atomic E-state index is 13.4. The van der Waals surface area contributed by atoms with Crippen LogP contribution in [0.1, 0.15) is 45.8 Å². The Balaban J connectivity index is 1.21. The number of fused-ring (bicyclic) bond motifs is 2. The monoisotopic (exact) mass is 623 g/mol. The Morgan fingerprint density at radius 1 is 1.13 bits per heavy atom. The summed E-state index contributed by atoms with van der Waals surface area (Å²) in [6.45, 7) is 3.24. The Kier molecular flexibility index (Phi) is 7.66. The summed E-state index contributed by atoms with van der Waals surface area (Å²) in [5.41, 5.74) is 9.47. The molecule has 3 aromatic carbocycles. The standard InChI is InChI=1S/C35H31ClFN5O3/c1-19-24(26-7-4-8-28-27(26)9-10-30(28)39-33-29(36)13-22(18-43)34(41-33)44-2)5-3-6-25(19)35-40-31-12-20(15-42-16-23(37)17-42)11-21(14-38)32(31)45-35/h3-8,11-13,23,30,43H,9-10,15-18H2,1-2H3,(H,39,41)/t30-/m0/s1. The second-order valence-corrected chi connectivity index (χ2v) is 12.1. The highest BCUT2D eigenvalue weighted by molar-refractivity contribution is 6.33. The second kappa shape index (κ2) is 11.8. The van der Waals surface area contributed by atoms with E-state index in [9.17, 15) is 14.8 Å². The van der Waals surface area contributed by atoms with Crippen LogP contribution < -0.4 is 10.1 Å². The number of aliphatic hydroxyl groups is 1. The third kappa shape index (κ3) is 5.29. The fraction of sp³-hybridized carbons (Fsp3) is 0.286.